The Balaban J connectivity index is 1.92. The number of thiophene rings is 1. The van der Waals surface area contributed by atoms with Gasteiger partial charge in [-0.3, -0.25) is 0 Å². The van der Waals surface area contributed by atoms with Gasteiger partial charge >= 0.3 is 0 Å². The fourth-order valence-corrected chi connectivity index (χ4v) is 3.87. The van der Waals surface area contributed by atoms with Crippen LogP contribution in [0.5, 0.6) is 11.5 Å². The van der Waals surface area contributed by atoms with Crippen LogP contribution in [0.4, 0.5) is 0 Å². The molecule has 0 saturated heterocycles. The van der Waals surface area contributed by atoms with Crippen LogP contribution in [0.15, 0.2) is 29.6 Å². The van der Waals surface area contributed by atoms with E-state index in [1.165, 1.54) is 16.0 Å². The van der Waals surface area contributed by atoms with Gasteiger partial charge in [-0.25, -0.2) is 0 Å². The molecule has 2 heterocycles. The van der Waals surface area contributed by atoms with Crippen LogP contribution < -0.4 is 14.8 Å². The van der Waals surface area contributed by atoms with Crippen LogP contribution in [0.3, 0.4) is 0 Å². The molecule has 21 heavy (non-hydrogen) atoms. The maximum Gasteiger partial charge on any atom is 0.129 e. The Morgan fingerprint density at radius 3 is 2.81 bits per heavy atom. The third kappa shape index (κ3) is 2.78. The quantitative estimate of drug-likeness (QED) is 0.932. The molecular formula is C17H21NO2S. The minimum absolute atomic E-state index is 0.0950. The van der Waals surface area contributed by atoms with E-state index in [4.69, 9.17) is 9.47 Å². The normalized spacial score (nSPS) is 17.1. The number of methoxy groups -OCH3 is 1. The van der Waals surface area contributed by atoms with Crippen molar-refractivity contribution in [1.82, 2.24) is 5.32 Å². The van der Waals surface area contributed by atoms with Crippen molar-refractivity contribution in [2.45, 2.75) is 31.9 Å². The number of rotatable bonds is 4. The van der Waals surface area contributed by atoms with Gasteiger partial charge in [0.15, 0.2) is 0 Å². The van der Waals surface area contributed by atoms with E-state index in [1.54, 1.807) is 18.4 Å². The fraction of sp³-hybridized carbons (Fsp3) is 0.412. The average Bonchev–Trinajstić information content (AvgIpc) is 3.01. The summed E-state index contributed by atoms with van der Waals surface area (Å²) in [5.41, 5.74) is 2.46. The van der Waals surface area contributed by atoms with Crippen molar-refractivity contribution in [2.75, 3.05) is 14.2 Å². The molecule has 1 aromatic carbocycles. The van der Waals surface area contributed by atoms with Gasteiger partial charge in [0.25, 0.3) is 0 Å². The second kappa shape index (κ2) is 5.35. The molecule has 0 saturated carbocycles. The summed E-state index contributed by atoms with van der Waals surface area (Å²) in [6.07, 6.45) is 0.959. The molecule has 4 heteroatoms. The van der Waals surface area contributed by atoms with Gasteiger partial charge in [0.1, 0.15) is 17.1 Å². The van der Waals surface area contributed by atoms with Gasteiger partial charge in [-0.15, -0.1) is 11.3 Å². The van der Waals surface area contributed by atoms with Crippen molar-refractivity contribution in [3.05, 3.63) is 45.6 Å². The van der Waals surface area contributed by atoms with Crippen molar-refractivity contribution in [3.8, 4) is 11.5 Å². The first-order valence-corrected chi connectivity index (χ1v) is 8.02. The van der Waals surface area contributed by atoms with Crippen molar-refractivity contribution in [1.29, 1.82) is 0 Å². The first-order valence-electron chi connectivity index (χ1n) is 7.14. The van der Waals surface area contributed by atoms with Crippen LogP contribution in [0.25, 0.3) is 0 Å². The van der Waals surface area contributed by atoms with E-state index in [0.29, 0.717) is 0 Å². The standard InChI is InChI=1S/C17H21NO2S/c1-17(2)9-12-7-11(5-6-14(12)20-17)16(18-3)15-8-13(19-4)10-21-15/h5-8,10,16,18H,9H2,1-4H3. The minimum atomic E-state index is -0.0950. The largest absolute Gasteiger partial charge is 0.496 e. The molecule has 3 rings (SSSR count). The maximum absolute atomic E-state index is 5.95. The summed E-state index contributed by atoms with van der Waals surface area (Å²) in [6, 6.07) is 8.78. The lowest BCUT2D eigenvalue weighted by atomic mass is 9.97. The maximum atomic E-state index is 5.95. The number of ether oxygens (including phenoxy) is 2. The molecule has 1 N–H and O–H groups in total. The van der Waals surface area contributed by atoms with Crippen LogP contribution in [-0.4, -0.2) is 19.8 Å². The highest BCUT2D eigenvalue weighted by atomic mass is 32.1. The predicted octanol–water partition coefficient (Wildman–Crippen LogP) is 3.78. The van der Waals surface area contributed by atoms with Gasteiger partial charge in [0.2, 0.25) is 0 Å². The van der Waals surface area contributed by atoms with Crippen LogP contribution in [0.2, 0.25) is 0 Å². The van der Waals surface area contributed by atoms with Gasteiger partial charge in [-0.05, 0) is 44.2 Å². The molecule has 0 fully saturated rings. The van der Waals surface area contributed by atoms with E-state index in [9.17, 15) is 0 Å². The van der Waals surface area contributed by atoms with E-state index in [1.807, 2.05) is 12.4 Å². The summed E-state index contributed by atoms with van der Waals surface area (Å²) < 4.78 is 11.2. The molecule has 0 radical (unpaired) electrons. The molecule has 112 valence electrons. The van der Waals surface area contributed by atoms with Gasteiger partial charge in [0, 0.05) is 16.7 Å². The molecule has 1 aromatic heterocycles. The lowest BCUT2D eigenvalue weighted by Gasteiger charge is -2.16. The molecule has 0 aliphatic carbocycles. The van der Waals surface area contributed by atoms with Crippen LogP contribution in [-0.2, 0) is 6.42 Å². The van der Waals surface area contributed by atoms with Crippen molar-refractivity contribution < 1.29 is 9.47 Å². The Morgan fingerprint density at radius 2 is 2.14 bits per heavy atom. The molecule has 1 aliphatic rings. The zero-order valence-corrected chi connectivity index (χ0v) is 13.7. The Bertz CT molecular complexity index is 648. The van der Waals surface area contributed by atoms with E-state index in [0.717, 1.165) is 17.9 Å². The summed E-state index contributed by atoms with van der Waals surface area (Å²) in [7, 11) is 3.69. The van der Waals surface area contributed by atoms with Gasteiger partial charge in [0.05, 0.1) is 13.2 Å². The highest BCUT2D eigenvalue weighted by molar-refractivity contribution is 7.10. The zero-order valence-electron chi connectivity index (χ0n) is 12.9. The number of fused-ring (bicyclic) bond motifs is 1. The minimum Gasteiger partial charge on any atom is -0.496 e. The fourth-order valence-electron chi connectivity index (χ4n) is 2.88. The Labute approximate surface area is 129 Å². The second-order valence-corrected chi connectivity index (χ2v) is 6.96. The second-order valence-electron chi connectivity index (χ2n) is 6.02. The molecule has 1 aliphatic heterocycles. The first kappa shape index (κ1) is 14.4. The van der Waals surface area contributed by atoms with E-state index in [-0.39, 0.29) is 11.6 Å². The van der Waals surface area contributed by atoms with Gasteiger partial charge < -0.3 is 14.8 Å². The summed E-state index contributed by atoms with van der Waals surface area (Å²) in [5, 5.41) is 5.44. The Hall–Kier alpha value is -1.52. The molecule has 0 bridgehead atoms. The molecule has 1 unspecified atom stereocenters. The predicted molar refractivity (Wildman–Crippen MR) is 86.6 cm³/mol. The third-order valence-electron chi connectivity index (χ3n) is 3.82. The van der Waals surface area contributed by atoms with Crippen molar-refractivity contribution in [3.63, 3.8) is 0 Å². The van der Waals surface area contributed by atoms with Gasteiger partial charge in [-0.2, -0.15) is 0 Å². The first-order chi connectivity index (χ1) is 10.0. The van der Waals surface area contributed by atoms with E-state index < -0.39 is 0 Å². The van der Waals surface area contributed by atoms with E-state index in [2.05, 4.69) is 43.4 Å². The summed E-state index contributed by atoms with van der Waals surface area (Å²) >= 11 is 1.72. The molecular weight excluding hydrogens is 282 g/mol. The summed E-state index contributed by atoms with van der Waals surface area (Å²) in [5.74, 6) is 1.93. The van der Waals surface area contributed by atoms with E-state index >= 15 is 0 Å². The lowest BCUT2D eigenvalue weighted by molar-refractivity contribution is 0.138. The Morgan fingerprint density at radius 1 is 1.33 bits per heavy atom. The summed E-state index contributed by atoms with van der Waals surface area (Å²) in [4.78, 5) is 1.26. The third-order valence-corrected chi connectivity index (χ3v) is 4.80. The summed E-state index contributed by atoms with van der Waals surface area (Å²) in [6.45, 7) is 4.26. The van der Waals surface area contributed by atoms with Crippen LogP contribution in [0.1, 0.15) is 35.9 Å². The highest BCUT2D eigenvalue weighted by Crippen LogP contribution is 2.38. The molecule has 0 spiro atoms. The van der Waals surface area contributed by atoms with Crippen molar-refractivity contribution >= 4 is 11.3 Å². The lowest BCUT2D eigenvalue weighted by Crippen LogP contribution is -2.24. The van der Waals surface area contributed by atoms with Crippen LogP contribution >= 0.6 is 11.3 Å². The number of hydrogen-bond donors (Lipinski definition) is 1. The van der Waals surface area contributed by atoms with Crippen LogP contribution in [0, 0.1) is 0 Å². The zero-order chi connectivity index (χ0) is 15.0. The highest BCUT2D eigenvalue weighted by Gasteiger charge is 2.30. The molecule has 0 amide bonds. The smallest absolute Gasteiger partial charge is 0.129 e. The number of hydrogen-bond acceptors (Lipinski definition) is 4. The average molecular weight is 303 g/mol. The SMILES string of the molecule is CNC(c1ccc2c(c1)CC(C)(C)O2)c1cc(OC)cs1. The molecule has 1 atom stereocenters. The topological polar surface area (TPSA) is 30.5 Å². The number of benzene rings is 1. The molecule has 3 nitrogen and oxygen atoms in total. The molecule has 2 aromatic rings. The van der Waals surface area contributed by atoms with Gasteiger partial charge in [-0.1, -0.05) is 12.1 Å². The monoisotopic (exact) mass is 303 g/mol. The number of nitrogens with one attached hydrogen (secondary N) is 1. The van der Waals surface area contributed by atoms with Crippen molar-refractivity contribution in [2.24, 2.45) is 0 Å². The Kier molecular flexibility index (Phi) is 3.68.